The van der Waals surface area contributed by atoms with Crippen LogP contribution in [0.5, 0.6) is 0 Å². The minimum atomic E-state index is -5.76. The Labute approximate surface area is 257 Å². The molecule has 266 valence electrons. The van der Waals surface area contributed by atoms with Crippen LogP contribution in [0.3, 0.4) is 0 Å². The summed E-state index contributed by atoms with van der Waals surface area (Å²) in [5.41, 5.74) is 0. The molecule has 0 aromatic carbocycles. The average molecular weight is 740 g/mol. The highest BCUT2D eigenvalue weighted by Gasteiger charge is 2.51. The van der Waals surface area contributed by atoms with Crippen molar-refractivity contribution in [3.8, 4) is 0 Å². The Hall–Kier alpha value is -1.25. The molecule has 23 nitrogen and oxygen atoms in total. The first-order valence-corrected chi connectivity index (χ1v) is 17.8. The van der Waals surface area contributed by atoms with Crippen molar-refractivity contribution in [3.05, 3.63) is 0 Å². The van der Waals surface area contributed by atoms with E-state index in [9.17, 15) is 66.9 Å². The summed E-state index contributed by atoms with van der Waals surface area (Å²) >= 11 is 0. The molecule has 0 aromatic rings. The third-order valence-electron chi connectivity index (χ3n) is 6.61. The van der Waals surface area contributed by atoms with E-state index in [1.165, 1.54) is 11.6 Å². The smallest absolute Gasteiger partial charge is 0.333 e. The fourth-order valence-corrected chi connectivity index (χ4v) is 6.88. The SMILES string of the molecule is CCC1C(C(=O)O)OC(COCC2C(COS(=O)(=O)[O-])OC(COC)C(NS(=O)(=O)[O-])C2OS(=O)(=O)[O-])C(OS(=O)(=O)[O-])C1O. The lowest BCUT2D eigenvalue weighted by Crippen LogP contribution is -2.65. The molecule has 0 aliphatic carbocycles. The number of aliphatic carboxylic acids is 1. The van der Waals surface area contributed by atoms with Crippen molar-refractivity contribution < 1.29 is 98.4 Å². The number of hydrogen-bond acceptors (Lipinski definition) is 21. The molecule has 0 amide bonds. The summed E-state index contributed by atoms with van der Waals surface area (Å²) in [6, 6.07) is -2.05. The monoisotopic (exact) mass is 739 g/mol. The zero-order valence-electron chi connectivity index (χ0n) is 23.0. The van der Waals surface area contributed by atoms with Gasteiger partial charge >= 0.3 is 5.97 Å². The van der Waals surface area contributed by atoms with E-state index in [1.807, 2.05) is 0 Å². The van der Waals surface area contributed by atoms with E-state index in [0.29, 0.717) is 0 Å². The van der Waals surface area contributed by atoms with E-state index in [-0.39, 0.29) is 6.42 Å². The number of ether oxygens (including phenoxy) is 4. The van der Waals surface area contributed by atoms with Crippen LogP contribution in [0.2, 0.25) is 0 Å². The first-order valence-electron chi connectivity index (χ1n) is 12.4. The highest BCUT2D eigenvalue weighted by molar-refractivity contribution is 7.83. The summed E-state index contributed by atoms with van der Waals surface area (Å²) in [7, 11) is -21.2. The molecule has 27 heteroatoms. The topological polar surface area (TPSA) is 363 Å². The molecule has 0 aromatic heterocycles. The maximum atomic E-state index is 11.7. The summed E-state index contributed by atoms with van der Waals surface area (Å²) < 4.78 is 172. The van der Waals surface area contributed by atoms with E-state index >= 15 is 0 Å². The quantitative estimate of drug-likeness (QED) is 0.0927. The Morgan fingerprint density at radius 1 is 0.778 bits per heavy atom. The minimum absolute atomic E-state index is 0.101. The van der Waals surface area contributed by atoms with Crippen molar-refractivity contribution in [2.24, 2.45) is 11.8 Å². The molecule has 0 bridgehead atoms. The van der Waals surface area contributed by atoms with Gasteiger partial charge in [0.15, 0.2) is 16.4 Å². The maximum Gasteiger partial charge on any atom is 0.333 e. The third-order valence-corrected chi connectivity index (χ3v) is 8.51. The number of carboxylic acids is 1. The van der Waals surface area contributed by atoms with Crippen LogP contribution < -0.4 is 4.72 Å². The molecule has 2 saturated heterocycles. The molecule has 2 fully saturated rings. The molecular formula is C18H29NO22S4-4. The van der Waals surface area contributed by atoms with E-state index in [4.69, 9.17) is 18.9 Å². The Kier molecular flexibility index (Phi) is 14.0. The van der Waals surface area contributed by atoms with E-state index in [1.54, 1.807) is 0 Å². The highest BCUT2D eigenvalue weighted by atomic mass is 32.3. The van der Waals surface area contributed by atoms with Gasteiger partial charge in [-0.25, -0.2) is 43.2 Å². The number of aliphatic hydroxyl groups is 1. The highest BCUT2D eigenvalue weighted by Crippen LogP contribution is 2.34. The zero-order valence-corrected chi connectivity index (χ0v) is 26.3. The Morgan fingerprint density at radius 3 is 1.82 bits per heavy atom. The summed E-state index contributed by atoms with van der Waals surface area (Å²) in [6.07, 6.45) is -13.5. The Morgan fingerprint density at radius 2 is 1.36 bits per heavy atom. The average Bonchev–Trinajstić information content (AvgIpc) is 2.85. The molecule has 2 aliphatic rings. The number of hydrogen-bond donors (Lipinski definition) is 3. The van der Waals surface area contributed by atoms with Gasteiger partial charge in [0, 0.05) is 18.9 Å². The Balaban J connectivity index is 2.49. The molecule has 0 radical (unpaired) electrons. The van der Waals surface area contributed by atoms with Gasteiger partial charge in [0.05, 0.1) is 44.7 Å². The number of carboxylic acid groups (broad SMARTS) is 1. The zero-order chi connectivity index (χ0) is 34.5. The molecule has 0 saturated carbocycles. The minimum Gasteiger partial charge on any atom is -0.735 e. The van der Waals surface area contributed by atoms with Gasteiger partial charge in [-0.2, -0.15) is 0 Å². The van der Waals surface area contributed by atoms with Gasteiger partial charge < -0.3 is 47.4 Å². The standard InChI is InChI=1S/C18H33NO22S4/c1-3-8-14(20)17(41-45(32,33)34)12(39-16(8)18(21)22)6-36-4-9-10(7-37-43(26,27)28)38-11(5-35-2)13(19-42(23,24)25)15(9)40-44(29,30)31/h8-17,19-20H,3-7H2,1-2H3,(H,21,22)(H,23,24,25)(H,26,27,28)(H,29,30,31)(H,32,33,34)/p-4. The molecule has 0 spiro atoms. The van der Waals surface area contributed by atoms with Gasteiger partial charge in [0.25, 0.3) is 0 Å². The van der Waals surface area contributed by atoms with Crippen LogP contribution in [0.15, 0.2) is 0 Å². The first-order chi connectivity index (χ1) is 20.5. The lowest BCUT2D eigenvalue weighted by molar-refractivity contribution is -0.221. The van der Waals surface area contributed by atoms with Crippen molar-refractivity contribution in [2.45, 2.75) is 62.1 Å². The maximum absolute atomic E-state index is 11.7. The fourth-order valence-electron chi connectivity index (χ4n) is 4.91. The predicted molar refractivity (Wildman–Crippen MR) is 132 cm³/mol. The molecule has 2 rings (SSSR count). The molecule has 10 atom stereocenters. The van der Waals surface area contributed by atoms with Crippen LogP contribution in [-0.4, -0.2) is 150 Å². The normalized spacial score (nSPS) is 33.6. The van der Waals surface area contributed by atoms with Gasteiger partial charge in [0.1, 0.15) is 24.4 Å². The van der Waals surface area contributed by atoms with E-state index in [0.717, 1.165) is 7.11 Å². The van der Waals surface area contributed by atoms with Gasteiger partial charge in [-0.05, 0) is 6.42 Å². The number of aliphatic hydroxyl groups excluding tert-OH is 1. The second-order valence-corrected chi connectivity index (χ2v) is 13.8. The first kappa shape index (κ1) is 39.9. The van der Waals surface area contributed by atoms with Crippen molar-refractivity contribution in [3.63, 3.8) is 0 Å². The summed E-state index contributed by atoms with van der Waals surface area (Å²) in [5.74, 6) is -4.74. The van der Waals surface area contributed by atoms with Gasteiger partial charge in [-0.1, -0.05) is 6.92 Å². The molecule has 2 aliphatic heterocycles. The van der Waals surface area contributed by atoms with Crippen molar-refractivity contribution >= 4 is 47.5 Å². The van der Waals surface area contributed by atoms with Crippen LogP contribution in [0.25, 0.3) is 0 Å². The van der Waals surface area contributed by atoms with Crippen LogP contribution in [0.4, 0.5) is 0 Å². The number of carbonyl (C=O) groups is 1. The van der Waals surface area contributed by atoms with Crippen molar-refractivity contribution in [1.82, 2.24) is 4.72 Å². The third kappa shape index (κ3) is 12.7. The molecule has 10 unspecified atom stereocenters. The number of nitrogens with one attached hydrogen (secondary N) is 1. The van der Waals surface area contributed by atoms with E-state index < -0.39 is 135 Å². The summed E-state index contributed by atoms with van der Waals surface area (Å²) in [6.45, 7) is -2.45. The number of rotatable bonds is 17. The van der Waals surface area contributed by atoms with Gasteiger partial charge in [-0.3, -0.25) is 12.5 Å². The van der Waals surface area contributed by atoms with Crippen LogP contribution in [0, 0.1) is 11.8 Å². The lowest BCUT2D eigenvalue weighted by Gasteiger charge is -2.47. The van der Waals surface area contributed by atoms with Crippen LogP contribution in [-0.2, 0) is 77.8 Å². The van der Waals surface area contributed by atoms with Gasteiger partial charge in [0.2, 0.25) is 31.2 Å². The van der Waals surface area contributed by atoms with Crippen molar-refractivity contribution in [1.29, 1.82) is 0 Å². The molecular weight excluding hydrogens is 710 g/mol. The fraction of sp³-hybridized carbons (Fsp3) is 0.944. The van der Waals surface area contributed by atoms with Crippen molar-refractivity contribution in [2.75, 3.05) is 33.5 Å². The van der Waals surface area contributed by atoms with E-state index in [2.05, 4.69) is 12.5 Å². The second kappa shape index (κ2) is 15.8. The Bertz CT molecular complexity index is 1430. The lowest BCUT2D eigenvalue weighted by atomic mass is 9.84. The van der Waals surface area contributed by atoms with Crippen LogP contribution >= 0.6 is 0 Å². The molecule has 3 N–H and O–H groups in total. The molecule has 45 heavy (non-hydrogen) atoms. The number of methoxy groups -OCH3 is 1. The summed E-state index contributed by atoms with van der Waals surface area (Å²) in [5, 5.41) is 20.2. The van der Waals surface area contributed by atoms with Crippen LogP contribution in [0.1, 0.15) is 13.3 Å². The second-order valence-electron chi connectivity index (χ2n) is 9.59. The largest absolute Gasteiger partial charge is 0.735 e. The molecule has 2 heterocycles. The summed E-state index contributed by atoms with van der Waals surface area (Å²) in [4.78, 5) is 11.7. The predicted octanol–water partition coefficient (Wildman–Crippen LogP) is -5.14. The van der Waals surface area contributed by atoms with Gasteiger partial charge in [-0.15, -0.1) is 0 Å².